The summed E-state index contributed by atoms with van der Waals surface area (Å²) in [5, 5.41) is 0.768. The number of hydrogen-bond donors (Lipinski definition) is 0. The molecule has 0 spiro atoms. The van der Waals surface area contributed by atoms with Crippen molar-refractivity contribution in [2.75, 3.05) is 20.8 Å². The van der Waals surface area contributed by atoms with Crippen LogP contribution in [0.5, 0.6) is 11.5 Å². The molecular weight excluding hydrogens is 438 g/mol. The van der Waals surface area contributed by atoms with E-state index in [1.807, 2.05) is 23.1 Å². The molecule has 174 valence electrons. The van der Waals surface area contributed by atoms with Gasteiger partial charge in [-0.15, -0.1) is 11.3 Å². The molecule has 0 saturated carbocycles. The van der Waals surface area contributed by atoms with Crippen LogP contribution in [0.3, 0.4) is 0 Å². The summed E-state index contributed by atoms with van der Waals surface area (Å²) in [6.45, 7) is 1.04. The van der Waals surface area contributed by atoms with Crippen LogP contribution < -0.4 is 15.0 Å². The van der Waals surface area contributed by atoms with Crippen molar-refractivity contribution in [1.29, 1.82) is 0 Å². The van der Waals surface area contributed by atoms with Crippen molar-refractivity contribution in [2.45, 2.75) is 57.5 Å². The Bertz CT molecular complexity index is 1250. The Kier molecular flexibility index (Phi) is 6.10. The number of carbonyl (C=O) groups is 1. The van der Waals surface area contributed by atoms with Gasteiger partial charge in [-0.25, -0.2) is 4.98 Å². The molecule has 0 radical (unpaired) electrons. The number of hydrogen-bond acceptors (Lipinski definition) is 6. The fraction of sp³-hybridized carbons (Fsp3) is 0.480. The molecule has 1 fully saturated rings. The number of thiophene rings is 1. The third-order valence-electron chi connectivity index (χ3n) is 6.88. The van der Waals surface area contributed by atoms with Crippen LogP contribution in [-0.4, -0.2) is 41.1 Å². The van der Waals surface area contributed by atoms with Crippen molar-refractivity contribution in [1.82, 2.24) is 14.5 Å². The summed E-state index contributed by atoms with van der Waals surface area (Å²) in [5.74, 6) is 1.55. The molecule has 33 heavy (non-hydrogen) atoms. The van der Waals surface area contributed by atoms with Gasteiger partial charge in [0, 0.05) is 30.0 Å². The molecule has 1 aliphatic carbocycles. The van der Waals surface area contributed by atoms with Crippen molar-refractivity contribution in [3.8, 4) is 11.5 Å². The second kappa shape index (κ2) is 9.17. The molecular formula is C25H29N3O4S. The van der Waals surface area contributed by atoms with Gasteiger partial charge in [0.05, 0.1) is 32.0 Å². The second-order valence-corrected chi connectivity index (χ2v) is 9.82. The van der Waals surface area contributed by atoms with Gasteiger partial charge in [-0.1, -0.05) is 0 Å². The third kappa shape index (κ3) is 4.01. The quantitative estimate of drug-likeness (QED) is 0.546. The van der Waals surface area contributed by atoms with Crippen LogP contribution in [0, 0.1) is 0 Å². The van der Waals surface area contributed by atoms with E-state index in [-0.39, 0.29) is 23.9 Å². The molecule has 1 aliphatic heterocycles. The van der Waals surface area contributed by atoms with Crippen LogP contribution in [0.15, 0.2) is 29.3 Å². The van der Waals surface area contributed by atoms with Gasteiger partial charge in [-0.05, 0) is 62.3 Å². The standard InChI is InChI=1S/C25H29N3O4S/c1-31-16-9-10-20(32-2)18(14-16)19-7-5-12-28(19)22(29)11-13-27-15-26-24-23(25(27)30)17-6-3-4-8-21(17)33-24/h9-10,14-15,19H,3-8,11-13H2,1-2H3. The fourth-order valence-corrected chi connectivity index (χ4v) is 6.41. The van der Waals surface area contributed by atoms with Gasteiger partial charge >= 0.3 is 0 Å². The SMILES string of the molecule is COc1ccc(OC)c(C2CCCN2C(=O)CCn2cnc3sc4c(c3c2=O)CCCC4)c1. The Labute approximate surface area is 197 Å². The lowest BCUT2D eigenvalue weighted by molar-refractivity contribution is -0.132. The number of aryl methyl sites for hydroxylation is 3. The van der Waals surface area contributed by atoms with E-state index >= 15 is 0 Å². The van der Waals surface area contributed by atoms with Gasteiger partial charge in [0.25, 0.3) is 5.56 Å². The van der Waals surface area contributed by atoms with Crippen LogP contribution >= 0.6 is 11.3 Å². The Balaban J connectivity index is 1.35. The average molecular weight is 468 g/mol. The highest BCUT2D eigenvalue weighted by molar-refractivity contribution is 7.18. The van der Waals surface area contributed by atoms with E-state index < -0.39 is 0 Å². The van der Waals surface area contributed by atoms with Crippen molar-refractivity contribution in [3.63, 3.8) is 0 Å². The molecule has 1 amide bonds. The zero-order chi connectivity index (χ0) is 22.9. The normalized spacial score (nSPS) is 17.9. The molecule has 5 rings (SSSR count). The lowest BCUT2D eigenvalue weighted by Crippen LogP contribution is -2.32. The molecule has 1 unspecified atom stereocenters. The van der Waals surface area contributed by atoms with Crippen molar-refractivity contribution >= 4 is 27.5 Å². The van der Waals surface area contributed by atoms with Crippen LogP contribution in [0.2, 0.25) is 0 Å². The summed E-state index contributed by atoms with van der Waals surface area (Å²) in [7, 11) is 3.28. The van der Waals surface area contributed by atoms with Gasteiger partial charge in [-0.2, -0.15) is 0 Å². The number of benzene rings is 1. The van der Waals surface area contributed by atoms with E-state index in [0.717, 1.165) is 59.4 Å². The summed E-state index contributed by atoms with van der Waals surface area (Å²) >= 11 is 1.65. The van der Waals surface area contributed by atoms with Crippen molar-refractivity contribution < 1.29 is 14.3 Å². The maximum Gasteiger partial charge on any atom is 0.262 e. The van der Waals surface area contributed by atoms with Gasteiger partial charge < -0.3 is 14.4 Å². The number of amides is 1. The summed E-state index contributed by atoms with van der Waals surface area (Å²) in [5.41, 5.74) is 2.14. The lowest BCUT2D eigenvalue weighted by atomic mass is 9.97. The Hall–Kier alpha value is -2.87. The van der Waals surface area contributed by atoms with Gasteiger partial charge in [0.1, 0.15) is 16.3 Å². The summed E-state index contributed by atoms with van der Waals surface area (Å²) in [6, 6.07) is 5.65. The number of ether oxygens (including phenoxy) is 2. The predicted octanol–water partition coefficient (Wildman–Crippen LogP) is 4.11. The first kappa shape index (κ1) is 21.9. The number of likely N-dealkylation sites (tertiary alicyclic amines) is 1. The van der Waals surface area contributed by atoms with Crippen molar-refractivity contribution in [3.05, 3.63) is 50.9 Å². The van der Waals surface area contributed by atoms with E-state index in [1.54, 1.807) is 36.5 Å². The number of rotatable bonds is 6. The number of methoxy groups -OCH3 is 2. The molecule has 8 heteroatoms. The van der Waals surface area contributed by atoms with E-state index in [4.69, 9.17) is 9.47 Å². The number of aromatic nitrogens is 2. The molecule has 1 atom stereocenters. The lowest BCUT2D eigenvalue weighted by Gasteiger charge is -2.27. The number of fused-ring (bicyclic) bond motifs is 3. The minimum atomic E-state index is -0.0521. The topological polar surface area (TPSA) is 73.7 Å². The Morgan fingerprint density at radius 3 is 2.85 bits per heavy atom. The van der Waals surface area contributed by atoms with Gasteiger partial charge in [0.15, 0.2) is 0 Å². The molecule has 2 aromatic heterocycles. The zero-order valence-electron chi connectivity index (χ0n) is 19.1. The average Bonchev–Trinajstić information content (AvgIpc) is 3.48. The van der Waals surface area contributed by atoms with Crippen LogP contribution in [0.25, 0.3) is 10.2 Å². The van der Waals surface area contributed by atoms with E-state index in [1.165, 1.54) is 16.9 Å². The Morgan fingerprint density at radius 1 is 1.18 bits per heavy atom. The first-order chi connectivity index (χ1) is 16.1. The van der Waals surface area contributed by atoms with E-state index in [0.29, 0.717) is 13.1 Å². The first-order valence-corrected chi connectivity index (χ1v) is 12.4. The van der Waals surface area contributed by atoms with E-state index in [2.05, 4.69) is 4.98 Å². The fourth-order valence-electron chi connectivity index (χ4n) is 5.19. The van der Waals surface area contributed by atoms with Crippen LogP contribution in [-0.2, 0) is 24.2 Å². The van der Waals surface area contributed by atoms with Crippen molar-refractivity contribution in [2.24, 2.45) is 0 Å². The highest BCUT2D eigenvalue weighted by atomic mass is 32.1. The molecule has 1 saturated heterocycles. The van der Waals surface area contributed by atoms with Gasteiger partial charge in [0.2, 0.25) is 5.91 Å². The van der Waals surface area contributed by atoms with E-state index in [9.17, 15) is 9.59 Å². The predicted molar refractivity (Wildman–Crippen MR) is 128 cm³/mol. The summed E-state index contributed by atoms with van der Waals surface area (Å²) < 4.78 is 12.6. The largest absolute Gasteiger partial charge is 0.497 e. The van der Waals surface area contributed by atoms with Crippen LogP contribution in [0.1, 0.15) is 54.1 Å². The highest BCUT2D eigenvalue weighted by Crippen LogP contribution is 2.39. The molecule has 0 N–H and O–H groups in total. The highest BCUT2D eigenvalue weighted by Gasteiger charge is 2.32. The maximum atomic E-state index is 13.2. The van der Waals surface area contributed by atoms with Crippen LogP contribution in [0.4, 0.5) is 0 Å². The minimum absolute atomic E-state index is 0.0142. The molecule has 7 nitrogen and oxygen atoms in total. The molecule has 1 aromatic carbocycles. The third-order valence-corrected chi connectivity index (χ3v) is 8.08. The zero-order valence-corrected chi connectivity index (χ0v) is 20.0. The molecule has 3 aromatic rings. The second-order valence-electron chi connectivity index (χ2n) is 8.74. The molecule has 2 aliphatic rings. The number of carbonyl (C=O) groups excluding carboxylic acids is 1. The minimum Gasteiger partial charge on any atom is -0.497 e. The molecule has 0 bridgehead atoms. The molecule has 3 heterocycles. The Morgan fingerprint density at radius 2 is 2.03 bits per heavy atom. The first-order valence-electron chi connectivity index (χ1n) is 11.6. The smallest absolute Gasteiger partial charge is 0.262 e. The number of nitrogens with zero attached hydrogens (tertiary/aromatic N) is 3. The van der Waals surface area contributed by atoms with Gasteiger partial charge in [-0.3, -0.25) is 14.2 Å². The monoisotopic (exact) mass is 467 g/mol. The summed E-state index contributed by atoms with van der Waals surface area (Å²) in [4.78, 5) is 35.1. The maximum absolute atomic E-state index is 13.2. The summed E-state index contributed by atoms with van der Waals surface area (Å²) in [6.07, 6.45) is 7.97.